The van der Waals surface area contributed by atoms with Crippen molar-refractivity contribution < 1.29 is 37.6 Å². The van der Waals surface area contributed by atoms with Crippen molar-refractivity contribution in [1.29, 1.82) is 0 Å². The molecule has 0 aliphatic rings. The van der Waals surface area contributed by atoms with Crippen LogP contribution >= 0.6 is 7.82 Å². The Labute approximate surface area is 488 Å². The van der Waals surface area contributed by atoms with Gasteiger partial charge in [-0.15, -0.1) is 0 Å². The van der Waals surface area contributed by atoms with Gasteiger partial charge in [-0.2, -0.15) is 0 Å². The Morgan fingerprint density at radius 1 is 0.392 bits per heavy atom. The van der Waals surface area contributed by atoms with E-state index >= 15 is 0 Å². The number of hydrogen-bond donors (Lipinski definition) is 2. The van der Waals surface area contributed by atoms with E-state index in [-0.39, 0.29) is 38.6 Å². The van der Waals surface area contributed by atoms with Crippen LogP contribution in [0.5, 0.6) is 0 Å². The minimum Gasteiger partial charge on any atom is -0.462 e. The molecule has 0 aromatic heterocycles. The van der Waals surface area contributed by atoms with E-state index in [0.717, 1.165) is 83.5 Å². The van der Waals surface area contributed by atoms with Gasteiger partial charge in [-0.05, 0) is 64.2 Å². The fourth-order valence-electron chi connectivity index (χ4n) is 9.70. The Balaban J connectivity index is 3.86. The Morgan fingerprint density at radius 2 is 0.696 bits per heavy atom. The van der Waals surface area contributed by atoms with Crippen LogP contribution in [0.2, 0.25) is 0 Å². The first-order chi connectivity index (χ1) is 38.8. The third kappa shape index (κ3) is 64.5. The first kappa shape index (κ1) is 76.5. The first-order valence-corrected chi connectivity index (χ1v) is 34.9. The molecule has 0 amide bonds. The average Bonchev–Trinajstić information content (AvgIpc) is 3.44. The topological polar surface area (TPSA) is 134 Å². The molecule has 0 bridgehead atoms. The van der Waals surface area contributed by atoms with E-state index in [9.17, 15) is 19.0 Å². The van der Waals surface area contributed by atoms with E-state index < -0.39 is 26.5 Å². The monoisotopic (exact) mass is 1130 g/mol. The van der Waals surface area contributed by atoms with Crippen molar-refractivity contribution in [3.63, 3.8) is 0 Å². The van der Waals surface area contributed by atoms with Crippen LogP contribution in [0.15, 0.2) is 72.9 Å². The van der Waals surface area contributed by atoms with Crippen LogP contribution in [0, 0.1) is 0 Å². The maximum absolute atomic E-state index is 12.7. The van der Waals surface area contributed by atoms with Gasteiger partial charge in [0, 0.05) is 19.4 Å². The quantitative estimate of drug-likeness (QED) is 0.0264. The molecule has 0 aliphatic carbocycles. The second kappa shape index (κ2) is 64.6. The Hall–Kier alpha value is -2.55. The van der Waals surface area contributed by atoms with E-state index in [1.54, 1.807) is 0 Å². The largest absolute Gasteiger partial charge is 0.472 e. The van der Waals surface area contributed by atoms with Gasteiger partial charge < -0.3 is 20.1 Å². The highest BCUT2D eigenvalue weighted by Gasteiger charge is 2.26. The van der Waals surface area contributed by atoms with Crippen LogP contribution < -0.4 is 5.73 Å². The summed E-state index contributed by atoms with van der Waals surface area (Å²) in [4.78, 5) is 35.3. The summed E-state index contributed by atoms with van der Waals surface area (Å²) in [6, 6.07) is 0. The molecule has 0 saturated carbocycles. The minimum atomic E-state index is -4.40. The Kier molecular flexibility index (Phi) is 62.5. The molecule has 10 heteroatoms. The number of hydrogen-bond acceptors (Lipinski definition) is 8. The number of rotatable bonds is 63. The molecule has 0 heterocycles. The lowest BCUT2D eigenvalue weighted by atomic mass is 10.0. The highest BCUT2D eigenvalue weighted by molar-refractivity contribution is 7.47. The highest BCUT2D eigenvalue weighted by atomic mass is 31.2. The summed E-state index contributed by atoms with van der Waals surface area (Å²) in [7, 11) is -4.40. The summed E-state index contributed by atoms with van der Waals surface area (Å²) < 4.78 is 33.1. The molecule has 0 fully saturated rings. The van der Waals surface area contributed by atoms with Gasteiger partial charge in [-0.3, -0.25) is 18.6 Å². The van der Waals surface area contributed by atoms with Crippen LogP contribution in [0.3, 0.4) is 0 Å². The second-order valence-corrected chi connectivity index (χ2v) is 23.8. The number of esters is 2. The van der Waals surface area contributed by atoms with Crippen molar-refractivity contribution >= 4 is 19.8 Å². The second-order valence-electron chi connectivity index (χ2n) is 22.3. The van der Waals surface area contributed by atoms with E-state index in [0.29, 0.717) is 6.42 Å². The van der Waals surface area contributed by atoms with Gasteiger partial charge in [0.2, 0.25) is 0 Å². The van der Waals surface area contributed by atoms with Crippen molar-refractivity contribution in [2.24, 2.45) is 5.73 Å². The molecule has 0 rings (SSSR count). The van der Waals surface area contributed by atoms with Gasteiger partial charge in [0.25, 0.3) is 0 Å². The van der Waals surface area contributed by atoms with E-state index in [1.165, 1.54) is 205 Å². The number of carbonyl (C=O) groups excluding carboxylic acids is 2. The summed E-state index contributed by atoms with van der Waals surface area (Å²) in [5.41, 5.74) is 5.39. The minimum absolute atomic E-state index is 0.0467. The van der Waals surface area contributed by atoms with Crippen LogP contribution in [0.1, 0.15) is 322 Å². The van der Waals surface area contributed by atoms with Crippen LogP contribution in [0.4, 0.5) is 0 Å². The maximum atomic E-state index is 12.7. The van der Waals surface area contributed by atoms with E-state index in [4.69, 9.17) is 24.3 Å². The molecule has 79 heavy (non-hydrogen) atoms. The molecule has 0 spiro atoms. The smallest absolute Gasteiger partial charge is 0.462 e. The van der Waals surface area contributed by atoms with Gasteiger partial charge in [0.15, 0.2) is 6.10 Å². The van der Waals surface area contributed by atoms with Crippen LogP contribution in [-0.4, -0.2) is 49.3 Å². The third-order valence-corrected chi connectivity index (χ3v) is 15.6. The van der Waals surface area contributed by atoms with Gasteiger partial charge in [-0.25, -0.2) is 4.57 Å². The third-order valence-electron chi connectivity index (χ3n) is 14.6. The lowest BCUT2D eigenvalue weighted by Crippen LogP contribution is -2.29. The predicted molar refractivity (Wildman–Crippen MR) is 339 cm³/mol. The molecule has 3 N–H and O–H groups in total. The summed E-state index contributed by atoms with van der Waals surface area (Å²) in [6.45, 7) is 3.64. The van der Waals surface area contributed by atoms with Crippen LogP contribution in [-0.2, 0) is 32.7 Å². The number of unbranched alkanes of at least 4 members (excludes halogenated alkanes) is 38. The van der Waals surface area contributed by atoms with Gasteiger partial charge in [0.1, 0.15) is 6.61 Å². The zero-order chi connectivity index (χ0) is 57.3. The molecular formula is C69H126NO8P. The van der Waals surface area contributed by atoms with Gasteiger partial charge >= 0.3 is 19.8 Å². The SMILES string of the molecule is CC/C=C\C/C=C\C/C=C\C/C=C\C/C=C\C/C=C\CCCCCCC(=O)OC(COC(=O)CCCCCCCCCCCCCCCCCCCCCCCCCCCCCCCCCCCCC)COP(=O)(O)OCCN. The highest BCUT2D eigenvalue weighted by Crippen LogP contribution is 2.43. The number of nitrogens with two attached hydrogens (primary N) is 1. The number of phosphoric acid groups is 1. The first-order valence-electron chi connectivity index (χ1n) is 33.4. The standard InChI is InChI=1S/C69H126NO8P/c1-3-5-7-9-11-13-15-17-19-21-23-25-27-28-29-30-31-32-33-34-35-36-37-38-40-41-43-45-47-49-51-53-55-57-59-61-68(71)75-65-67(66-77-79(73,74)76-64-63-70)78-69(72)62-60-58-56-54-52-50-48-46-44-42-39-26-24-22-20-18-16-14-12-10-8-6-4-2/h6,8,12,14,18,20,24,26,42,44,48,50,67H,3-5,7,9-11,13,15-17,19,21-23,25,27-41,43,45-47,49,51-66,70H2,1-2H3,(H,73,74)/b8-6-,14-12-,20-18-,26-24-,44-42-,50-48-. The van der Waals surface area contributed by atoms with Crippen molar-refractivity contribution in [2.75, 3.05) is 26.4 Å². The van der Waals surface area contributed by atoms with Gasteiger partial charge in [0.05, 0.1) is 13.2 Å². The van der Waals surface area contributed by atoms with Gasteiger partial charge in [-0.1, -0.05) is 318 Å². The molecule has 2 atom stereocenters. The zero-order valence-electron chi connectivity index (χ0n) is 51.6. The summed E-state index contributed by atoms with van der Waals surface area (Å²) >= 11 is 0. The number of phosphoric ester groups is 1. The molecule has 9 nitrogen and oxygen atoms in total. The summed E-state index contributed by atoms with van der Waals surface area (Å²) in [5.74, 6) is -0.848. The Morgan fingerprint density at radius 3 is 1.04 bits per heavy atom. The fourth-order valence-corrected chi connectivity index (χ4v) is 10.5. The van der Waals surface area contributed by atoms with Crippen LogP contribution in [0.25, 0.3) is 0 Å². The Bertz CT molecular complexity index is 1520. The molecule has 0 aromatic rings. The molecule has 0 saturated heterocycles. The van der Waals surface area contributed by atoms with E-state index in [2.05, 4.69) is 86.8 Å². The molecule has 460 valence electrons. The number of carbonyl (C=O) groups is 2. The maximum Gasteiger partial charge on any atom is 0.472 e. The van der Waals surface area contributed by atoms with Crippen molar-refractivity contribution in [2.45, 2.75) is 328 Å². The number of allylic oxidation sites excluding steroid dienone is 12. The summed E-state index contributed by atoms with van der Waals surface area (Å²) in [6.07, 6.45) is 84.3. The lowest BCUT2D eigenvalue weighted by molar-refractivity contribution is -0.161. The number of ether oxygens (including phenoxy) is 2. The molecule has 0 aliphatic heterocycles. The fraction of sp³-hybridized carbons (Fsp3) is 0.797. The predicted octanol–water partition coefficient (Wildman–Crippen LogP) is 21.6. The average molecular weight is 1130 g/mol. The van der Waals surface area contributed by atoms with Crippen molar-refractivity contribution in [3.05, 3.63) is 72.9 Å². The molecule has 0 aromatic carbocycles. The normalized spacial score (nSPS) is 13.4. The summed E-state index contributed by atoms with van der Waals surface area (Å²) in [5, 5.41) is 0. The lowest BCUT2D eigenvalue weighted by Gasteiger charge is -2.19. The molecule has 2 unspecified atom stereocenters. The zero-order valence-corrected chi connectivity index (χ0v) is 52.5. The molecule has 0 radical (unpaired) electrons. The molecular weight excluding hydrogens is 1000 g/mol. The van der Waals surface area contributed by atoms with Crippen molar-refractivity contribution in [1.82, 2.24) is 0 Å². The van der Waals surface area contributed by atoms with Crippen molar-refractivity contribution in [3.8, 4) is 0 Å². The van der Waals surface area contributed by atoms with E-state index in [1.807, 2.05) is 0 Å².